The zero-order valence-corrected chi connectivity index (χ0v) is 28.6. The fourth-order valence-electron chi connectivity index (χ4n) is 5.43. The van der Waals surface area contributed by atoms with E-state index in [1.165, 1.54) is 30.4 Å². The van der Waals surface area contributed by atoms with Crippen LogP contribution in [0.1, 0.15) is 79.3 Å². The van der Waals surface area contributed by atoms with Crippen LogP contribution in [0.2, 0.25) is 0 Å². The van der Waals surface area contributed by atoms with E-state index in [0.29, 0.717) is 22.5 Å². The Labute approximate surface area is 282 Å². The van der Waals surface area contributed by atoms with Crippen molar-refractivity contribution < 1.29 is 22.4 Å². The summed E-state index contributed by atoms with van der Waals surface area (Å²) in [5.41, 5.74) is 17.3. The van der Waals surface area contributed by atoms with Gasteiger partial charge in [0.05, 0.1) is 16.8 Å². The average Bonchev–Trinajstić information content (AvgIpc) is 3.88. The molecule has 0 saturated heterocycles. The molecule has 1 fully saturated rings. The topological polar surface area (TPSA) is 72.3 Å². The lowest BCUT2D eigenvalue weighted by Gasteiger charge is -2.32. The van der Waals surface area contributed by atoms with Gasteiger partial charge in [-0.2, -0.15) is 13.2 Å². The summed E-state index contributed by atoms with van der Waals surface area (Å²) in [5.74, 6) is 0.232. The number of nitrogens with zero attached hydrogens (tertiary/aromatic N) is 1. The van der Waals surface area contributed by atoms with Crippen molar-refractivity contribution in [3.05, 3.63) is 136 Å². The molecule has 1 saturated carbocycles. The Morgan fingerprint density at radius 3 is 2.23 bits per heavy atom. The van der Waals surface area contributed by atoms with Crippen molar-refractivity contribution in [3.63, 3.8) is 0 Å². The number of nitrogens with two attached hydrogens (primary N) is 2. The molecule has 1 aliphatic rings. The number of ketones is 1. The summed E-state index contributed by atoms with van der Waals surface area (Å²) in [7, 11) is 1.52. The maximum atomic E-state index is 13.6. The van der Waals surface area contributed by atoms with Gasteiger partial charge < -0.3 is 16.4 Å². The highest BCUT2D eigenvalue weighted by molar-refractivity contribution is 5.99. The molecule has 256 valence electrons. The molecule has 0 radical (unpaired) electrons. The maximum Gasteiger partial charge on any atom is 0.415 e. The molecule has 0 bridgehead atoms. The van der Waals surface area contributed by atoms with Gasteiger partial charge in [0.1, 0.15) is 5.82 Å². The van der Waals surface area contributed by atoms with Crippen LogP contribution in [0.5, 0.6) is 0 Å². The first kappa shape index (κ1) is 38.0. The van der Waals surface area contributed by atoms with Crippen LogP contribution in [-0.4, -0.2) is 19.0 Å². The summed E-state index contributed by atoms with van der Waals surface area (Å²) in [4.78, 5) is 13.6. The van der Waals surface area contributed by atoms with Gasteiger partial charge in [0.2, 0.25) is 0 Å². The first-order valence-electron chi connectivity index (χ1n) is 16.1. The third kappa shape index (κ3) is 9.80. The Morgan fingerprint density at radius 2 is 1.69 bits per heavy atom. The summed E-state index contributed by atoms with van der Waals surface area (Å²) in [6.45, 7) is 14.1. The van der Waals surface area contributed by atoms with Gasteiger partial charge in [-0.25, -0.2) is 4.39 Å². The molecule has 4 rings (SSSR count). The van der Waals surface area contributed by atoms with E-state index in [0.717, 1.165) is 41.5 Å². The smallest absolute Gasteiger partial charge is 0.399 e. The number of benzene rings is 3. The van der Waals surface area contributed by atoms with Crippen LogP contribution in [0.4, 0.5) is 23.2 Å². The lowest BCUT2D eigenvalue weighted by Crippen LogP contribution is -2.38. The summed E-state index contributed by atoms with van der Waals surface area (Å²) >= 11 is 0. The van der Waals surface area contributed by atoms with Crippen LogP contribution in [0.3, 0.4) is 0 Å². The van der Waals surface area contributed by atoms with E-state index in [1.807, 2.05) is 31.2 Å². The fourth-order valence-corrected chi connectivity index (χ4v) is 5.43. The van der Waals surface area contributed by atoms with Crippen molar-refractivity contribution in [1.29, 1.82) is 0 Å². The molecule has 1 atom stereocenters. The molecule has 0 aliphatic heterocycles. The summed E-state index contributed by atoms with van der Waals surface area (Å²) < 4.78 is 52.2. The van der Waals surface area contributed by atoms with Crippen LogP contribution in [-0.2, 0) is 10.3 Å². The minimum Gasteiger partial charge on any atom is -0.399 e. The number of hydrogen-bond acceptors (Lipinski definition) is 4. The molecule has 1 aliphatic carbocycles. The molecule has 4 N–H and O–H groups in total. The highest BCUT2D eigenvalue weighted by Gasteiger charge is 2.34. The van der Waals surface area contributed by atoms with E-state index in [4.69, 9.17) is 11.5 Å². The van der Waals surface area contributed by atoms with Gasteiger partial charge >= 0.3 is 6.18 Å². The first-order valence-corrected chi connectivity index (χ1v) is 16.1. The van der Waals surface area contributed by atoms with Crippen molar-refractivity contribution >= 4 is 23.2 Å². The van der Waals surface area contributed by atoms with Crippen LogP contribution in [0.15, 0.2) is 97.2 Å². The van der Waals surface area contributed by atoms with Crippen molar-refractivity contribution in [2.45, 2.75) is 71.5 Å². The van der Waals surface area contributed by atoms with Crippen LogP contribution in [0.25, 0.3) is 11.8 Å². The molecular weight excluding hydrogens is 614 g/mol. The molecule has 48 heavy (non-hydrogen) atoms. The Kier molecular flexibility index (Phi) is 12.8. The second-order valence-electron chi connectivity index (χ2n) is 12.5. The number of hydrogen-bond donors (Lipinski definition) is 2. The lowest BCUT2D eigenvalue weighted by molar-refractivity contribution is -0.115. The molecule has 8 heteroatoms. The zero-order chi connectivity index (χ0) is 35.8. The van der Waals surface area contributed by atoms with Crippen LogP contribution >= 0.6 is 0 Å². The van der Waals surface area contributed by atoms with Crippen LogP contribution in [0, 0.1) is 25.6 Å². The molecule has 0 heterocycles. The van der Waals surface area contributed by atoms with E-state index >= 15 is 0 Å². The Hall–Kier alpha value is -4.43. The number of allylic oxidation sites excluding steroid dienone is 4. The Morgan fingerprint density at radius 1 is 1.02 bits per heavy atom. The van der Waals surface area contributed by atoms with Gasteiger partial charge in [-0.1, -0.05) is 93.1 Å². The largest absolute Gasteiger partial charge is 0.415 e. The third-order valence-electron chi connectivity index (χ3n) is 8.61. The molecule has 4 nitrogen and oxygen atoms in total. The molecule has 0 amide bonds. The molecule has 1 unspecified atom stereocenters. The number of anilines is 1. The van der Waals surface area contributed by atoms with E-state index < -0.39 is 23.1 Å². The molecule has 0 spiro atoms. The van der Waals surface area contributed by atoms with Gasteiger partial charge in [0.15, 0.2) is 5.78 Å². The maximum absolute atomic E-state index is 13.6. The number of Topliss-reactive ketones (excluding diaryl/α,β-unsaturated/α-hetero) is 1. The van der Waals surface area contributed by atoms with Crippen molar-refractivity contribution in [3.8, 4) is 0 Å². The predicted molar refractivity (Wildman–Crippen MR) is 191 cm³/mol. The second kappa shape index (κ2) is 16.1. The number of carbonyl (C=O) groups is 1. The van der Waals surface area contributed by atoms with Gasteiger partial charge in [-0.15, -0.1) is 0 Å². The highest BCUT2D eigenvalue weighted by atomic mass is 19.4. The first-order chi connectivity index (χ1) is 22.5. The number of likely N-dealkylation sites (N-methyl/N-ethyl adjacent to an activating group) is 1. The number of aryl methyl sites for hydroxylation is 2. The van der Waals surface area contributed by atoms with E-state index in [-0.39, 0.29) is 17.9 Å². The zero-order valence-electron chi connectivity index (χ0n) is 28.6. The second-order valence-corrected chi connectivity index (χ2v) is 12.5. The van der Waals surface area contributed by atoms with Crippen molar-refractivity contribution in [1.82, 2.24) is 0 Å². The van der Waals surface area contributed by atoms with E-state index in [2.05, 4.69) is 44.3 Å². The van der Waals surface area contributed by atoms with E-state index in [9.17, 15) is 22.4 Å². The monoisotopic (exact) mass is 661 g/mol. The van der Waals surface area contributed by atoms with Crippen LogP contribution < -0.4 is 16.4 Å². The lowest BCUT2D eigenvalue weighted by atomic mass is 9.78. The van der Waals surface area contributed by atoms with Gasteiger partial charge in [0, 0.05) is 30.4 Å². The number of carbonyl (C=O) groups excluding carboxylic acids is 1. The van der Waals surface area contributed by atoms with E-state index in [1.54, 1.807) is 38.1 Å². The summed E-state index contributed by atoms with van der Waals surface area (Å²) in [5, 5.41) is 0. The van der Waals surface area contributed by atoms with Crippen molar-refractivity contribution in [2.75, 3.05) is 11.9 Å². The van der Waals surface area contributed by atoms with Crippen molar-refractivity contribution in [2.24, 2.45) is 17.4 Å². The quantitative estimate of drug-likeness (QED) is 0.115. The molecule has 0 aromatic heterocycles. The number of alkyl halides is 3. The molecule has 3 aromatic rings. The molecular formula is C40H47F4N3O. The molecule has 3 aromatic carbocycles. The predicted octanol–water partition coefficient (Wildman–Crippen LogP) is 9.90. The van der Waals surface area contributed by atoms with Gasteiger partial charge in [-0.05, 0) is 86.1 Å². The van der Waals surface area contributed by atoms with Gasteiger partial charge in [0.25, 0.3) is 0 Å². The standard InChI is InChI=1S/C20H23F3N2O.C20H24FN/c1-6-8-15-9-10-16(12-17(15)14(4)24)25(5)18(19(26)7-2)11-13(3)20(21,22)23;1-14-4-3-5-17(12-14)20(22,11-10-16-6-7-16)18-8-9-19(21)15(2)13-18/h6,8-12H,3-4,7,24H2,1-2,5H3;3-5,8-9,12-13,16H,6-7,10-11,22H2,1-2H3/b8-6-,18-11-;. The Bertz CT molecular complexity index is 1700. The number of halogens is 4. The summed E-state index contributed by atoms with van der Waals surface area (Å²) in [6.07, 6.45) is 4.61. The number of rotatable bonds is 12. The highest BCUT2D eigenvalue weighted by Crippen LogP contribution is 2.40. The minimum absolute atomic E-state index is 0.0639. The summed E-state index contributed by atoms with van der Waals surface area (Å²) in [6, 6.07) is 18.8. The fraction of sp³-hybridized carbons (Fsp3) is 0.325. The minimum atomic E-state index is -4.60. The average molecular weight is 662 g/mol. The Balaban J connectivity index is 0.000000263. The SMILES string of the molecule is C=C(N)c1cc(N(C)/C(=C\C(=C)C(F)(F)F)C(=O)CC)ccc1/C=C\C.Cc1cccc(C(N)(CCC2CC2)c2ccc(F)c(C)c2)c1. The third-order valence-corrected chi connectivity index (χ3v) is 8.61. The van der Waals surface area contributed by atoms with Gasteiger partial charge in [-0.3, -0.25) is 4.79 Å². The normalized spacial score (nSPS) is 14.6.